The summed E-state index contributed by atoms with van der Waals surface area (Å²) < 4.78 is 6.83. The number of fused-ring (bicyclic) bond motifs is 3. The average molecular weight is 402 g/mol. The summed E-state index contributed by atoms with van der Waals surface area (Å²) in [5, 5.41) is 13.0. The molecule has 2 aliphatic carbocycles. The molecule has 130 valence electrons. The number of benzene rings is 1. The van der Waals surface area contributed by atoms with Gasteiger partial charge in [-0.1, -0.05) is 28.1 Å². The van der Waals surface area contributed by atoms with Gasteiger partial charge in [0.25, 0.3) is 0 Å². The van der Waals surface area contributed by atoms with Crippen LogP contribution in [0, 0.1) is 11.8 Å². The van der Waals surface area contributed by atoms with Gasteiger partial charge in [0, 0.05) is 23.6 Å². The van der Waals surface area contributed by atoms with Crippen molar-refractivity contribution < 1.29 is 14.6 Å². The van der Waals surface area contributed by atoms with E-state index in [-0.39, 0.29) is 17.9 Å². The molecule has 0 spiro atoms. The molecule has 4 rings (SSSR count). The number of allylic oxidation sites excluding steroid dienone is 5. The Bertz CT molecular complexity index is 811. The minimum absolute atomic E-state index is 0.246. The van der Waals surface area contributed by atoms with Gasteiger partial charge in [-0.05, 0) is 59.2 Å². The van der Waals surface area contributed by atoms with Crippen molar-refractivity contribution in [2.45, 2.75) is 24.8 Å². The van der Waals surface area contributed by atoms with Crippen molar-refractivity contribution >= 4 is 27.6 Å². The second kappa shape index (κ2) is 6.37. The van der Waals surface area contributed by atoms with Crippen LogP contribution < -0.4 is 5.32 Å². The molecule has 1 aromatic rings. The molecule has 1 aliphatic heterocycles. The Morgan fingerprint density at radius 1 is 1.36 bits per heavy atom. The number of carboxylic acid groups (broad SMARTS) is 1. The highest BCUT2D eigenvalue weighted by Crippen LogP contribution is 2.49. The molecule has 4 atom stereocenters. The molecule has 5 heteroatoms. The van der Waals surface area contributed by atoms with Crippen molar-refractivity contribution in [2.24, 2.45) is 11.8 Å². The lowest BCUT2D eigenvalue weighted by Crippen LogP contribution is -2.43. The van der Waals surface area contributed by atoms with E-state index in [1.165, 1.54) is 4.48 Å². The third kappa shape index (κ3) is 2.80. The van der Waals surface area contributed by atoms with E-state index in [4.69, 9.17) is 4.74 Å². The quantitative estimate of drug-likeness (QED) is 0.722. The number of nitrogens with one attached hydrogen (secondary N) is 1. The van der Waals surface area contributed by atoms with E-state index >= 15 is 0 Å². The lowest BCUT2D eigenvalue weighted by molar-refractivity contribution is 0.0696. The van der Waals surface area contributed by atoms with Gasteiger partial charge in [-0.3, -0.25) is 0 Å². The molecular weight excluding hydrogens is 382 g/mol. The van der Waals surface area contributed by atoms with E-state index < -0.39 is 5.97 Å². The molecular formula is C20H20BrNO3. The van der Waals surface area contributed by atoms with Crippen molar-refractivity contribution in [1.29, 1.82) is 0 Å². The van der Waals surface area contributed by atoms with Crippen molar-refractivity contribution in [2.75, 3.05) is 12.4 Å². The van der Waals surface area contributed by atoms with Crippen LogP contribution in [0.3, 0.4) is 0 Å². The summed E-state index contributed by atoms with van der Waals surface area (Å²) in [5.41, 5.74) is 2.46. The summed E-state index contributed by atoms with van der Waals surface area (Å²) in [4.78, 5) is 11.3. The fraction of sp³-hybridized carbons (Fsp3) is 0.350. The molecule has 4 nitrogen and oxygen atoms in total. The Balaban J connectivity index is 1.72. The molecule has 0 aromatic heterocycles. The lowest BCUT2D eigenvalue weighted by Gasteiger charge is -2.42. The summed E-state index contributed by atoms with van der Waals surface area (Å²) >= 11 is 3.63. The van der Waals surface area contributed by atoms with E-state index in [1.807, 2.05) is 18.2 Å². The zero-order valence-electron chi connectivity index (χ0n) is 13.9. The molecule has 1 aromatic carbocycles. The number of rotatable bonds is 3. The van der Waals surface area contributed by atoms with Crippen LogP contribution >= 0.6 is 15.9 Å². The van der Waals surface area contributed by atoms with Gasteiger partial charge in [0.2, 0.25) is 0 Å². The monoisotopic (exact) mass is 401 g/mol. The second-order valence-corrected chi connectivity index (χ2v) is 7.85. The SMILES string of the molecule is COC1=CC=C(Br)CC1[C@@H]1Nc2ccc(C(=O)O)cc2[C@@H]2C=CC[C@@H]21. The first-order chi connectivity index (χ1) is 12.1. The minimum Gasteiger partial charge on any atom is -0.501 e. The molecule has 0 saturated carbocycles. The number of carboxylic acids is 1. The summed E-state index contributed by atoms with van der Waals surface area (Å²) in [7, 11) is 1.73. The Hall–Kier alpha value is -2.01. The van der Waals surface area contributed by atoms with E-state index in [2.05, 4.69) is 39.5 Å². The molecule has 0 saturated heterocycles. The normalized spacial score (nSPS) is 29.8. The summed E-state index contributed by atoms with van der Waals surface area (Å²) in [6.07, 6.45) is 10.4. The highest BCUT2D eigenvalue weighted by molar-refractivity contribution is 9.11. The number of aromatic carboxylic acids is 1. The van der Waals surface area contributed by atoms with Crippen LogP contribution in [-0.4, -0.2) is 24.2 Å². The van der Waals surface area contributed by atoms with Gasteiger partial charge in [0.15, 0.2) is 0 Å². The summed E-state index contributed by atoms with van der Waals surface area (Å²) in [6, 6.07) is 5.64. The highest BCUT2D eigenvalue weighted by atomic mass is 79.9. The molecule has 25 heavy (non-hydrogen) atoms. The molecule has 1 unspecified atom stereocenters. The van der Waals surface area contributed by atoms with Gasteiger partial charge in [0.05, 0.1) is 12.7 Å². The molecule has 0 radical (unpaired) electrons. The van der Waals surface area contributed by atoms with Crippen molar-refractivity contribution in [3.05, 3.63) is 63.9 Å². The largest absolute Gasteiger partial charge is 0.501 e. The topological polar surface area (TPSA) is 58.6 Å². The molecule has 0 fully saturated rings. The third-order valence-corrected chi connectivity index (χ3v) is 6.12. The predicted octanol–water partition coefficient (Wildman–Crippen LogP) is 4.67. The average Bonchev–Trinajstić information content (AvgIpc) is 3.10. The van der Waals surface area contributed by atoms with Crippen molar-refractivity contribution in [1.82, 2.24) is 0 Å². The summed E-state index contributed by atoms with van der Waals surface area (Å²) in [6.45, 7) is 0. The maximum Gasteiger partial charge on any atom is 0.335 e. The van der Waals surface area contributed by atoms with Crippen LogP contribution in [0.25, 0.3) is 0 Å². The standard InChI is InChI=1S/C20H20BrNO3/c1-25-18-8-6-12(21)10-16(18)19-14-4-2-3-13(14)15-9-11(20(23)24)5-7-17(15)22-19/h2-3,5-9,13-14,16,19,22H,4,10H2,1H3,(H,23,24)/t13-,14+,16?,19-/m1/s1. The van der Waals surface area contributed by atoms with Gasteiger partial charge in [-0.15, -0.1) is 0 Å². The Morgan fingerprint density at radius 2 is 2.20 bits per heavy atom. The number of ether oxygens (including phenoxy) is 1. The predicted molar refractivity (Wildman–Crippen MR) is 101 cm³/mol. The van der Waals surface area contributed by atoms with Crippen LogP contribution in [-0.2, 0) is 4.74 Å². The Morgan fingerprint density at radius 3 is 2.96 bits per heavy atom. The van der Waals surface area contributed by atoms with Crippen LogP contribution in [0.15, 0.2) is 52.7 Å². The van der Waals surface area contributed by atoms with Crippen LogP contribution in [0.4, 0.5) is 5.69 Å². The van der Waals surface area contributed by atoms with Crippen LogP contribution in [0.2, 0.25) is 0 Å². The number of hydrogen-bond acceptors (Lipinski definition) is 3. The highest BCUT2D eigenvalue weighted by Gasteiger charge is 2.43. The smallest absolute Gasteiger partial charge is 0.335 e. The van der Waals surface area contributed by atoms with Gasteiger partial charge < -0.3 is 15.2 Å². The zero-order valence-corrected chi connectivity index (χ0v) is 15.5. The van der Waals surface area contributed by atoms with E-state index in [9.17, 15) is 9.90 Å². The van der Waals surface area contributed by atoms with Crippen LogP contribution in [0.1, 0.15) is 34.7 Å². The minimum atomic E-state index is -0.880. The first-order valence-corrected chi connectivity index (χ1v) is 9.28. The maximum absolute atomic E-state index is 11.3. The number of anilines is 1. The van der Waals surface area contributed by atoms with Crippen LogP contribution in [0.5, 0.6) is 0 Å². The number of hydrogen-bond donors (Lipinski definition) is 2. The van der Waals surface area contributed by atoms with Gasteiger partial charge in [-0.2, -0.15) is 0 Å². The molecule has 2 N–H and O–H groups in total. The fourth-order valence-electron chi connectivity index (χ4n) is 4.36. The Labute approximate surface area is 155 Å². The van der Waals surface area contributed by atoms with Gasteiger partial charge in [-0.25, -0.2) is 4.79 Å². The maximum atomic E-state index is 11.3. The molecule has 3 aliphatic rings. The van der Waals surface area contributed by atoms with Crippen molar-refractivity contribution in [3.63, 3.8) is 0 Å². The number of carbonyl (C=O) groups is 1. The third-order valence-electron chi connectivity index (χ3n) is 5.53. The van der Waals surface area contributed by atoms with Crippen molar-refractivity contribution in [3.8, 4) is 0 Å². The van der Waals surface area contributed by atoms with E-state index in [0.29, 0.717) is 11.5 Å². The zero-order chi connectivity index (χ0) is 17.6. The van der Waals surface area contributed by atoms with E-state index in [0.717, 1.165) is 29.9 Å². The molecule has 1 heterocycles. The fourth-order valence-corrected chi connectivity index (χ4v) is 4.84. The molecule has 0 amide bonds. The van der Waals surface area contributed by atoms with Gasteiger partial charge >= 0.3 is 5.97 Å². The Kier molecular flexibility index (Phi) is 4.20. The second-order valence-electron chi connectivity index (χ2n) is 6.83. The summed E-state index contributed by atoms with van der Waals surface area (Å²) in [5.74, 6) is 1.03. The van der Waals surface area contributed by atoms with Gasteiger partial charge in [0.1, 0.15) is 5.76 Å². The lowest BCUT2D eigenvalue weighted by atomic mass is 9.72. The molecule has 0 bridgehead atoms. The van der Waals surface area contributed by atoms with E-state index in [1.54, 1.807) is 13.2 Å². The number of halogens is 1. The number of methoxy groups -OCH3 is 1. The first kappa shape index (κ1) is 16.5. The first-order valence-electron chi connectivity index (χ1n) is 8.49.